The van der Waals surface area contributed by atoms with Crippen molar-refractivity contribution in [3.8, 4) is 11.4 Å². The van der Waals surface area contributed by atoms with Crippen molar-refractivity contribution >= 4 is 16.8 Å². The number of halogens is 1. The molecule has 36 heavy (non-hydrogen) atoms. The van der Waals surface area contributed by atoms with Crippen LogP contribution in [0.5, 0.6) is 5.75 Å². The van der Waals surface area contributed by atoms with Crippen LogP contribution in [0.1, 0.15) is 49.4 Å². The van der Waals surface area contributed by atoms with Crippen LogP contribution >= 0.6 is 0 Å². The van der Waals surface area contributed by atoms with Gasteiger partial charge < -0.3 is 9.64 Å². The second kappa shape index (κ2) is 10.7. The first-order valence-corrected chi connectivity index (χ1v) is 12.0. The van der Waals surface area contributed by atoms with Gasteiger partial charge in [0.2, 0.25) is 0 Å². The lowest BCUT2D eigenvalue weighted by atomic mass is 10.1. The van der Waals surface area contributed by atoms with Crippen molar-refractivity contribution in [2.45, 2.75) is 33.2 Å². The highest BCUT2D eigenvalue weighted by Crippen LogP contribution is 2.29. The van der Waals surface area contributed by atoms with E-state index in [1.165, 1.54) is 22.8 Å². The zero-order valence-corrected chi connectivity index (χ0v) is 20.9. The molecule has 0 fully saturated rings. The predicted octanol–water partition coefficient (Wildman–Crippen LogP) is 5.78. The van der Waals surface area contributed by atoms with Gasteiger partial charge in [-0.15, -0.1) is 0 Å². The molecule has 0 radical (unpaired) electrons. The van der Waals surface area contributed by atoms with Crippen LogP contribution in [0.3, 0.4) is 0 Å². The third-order valence-corrected chi connectivity index (χ3v) is 6.25. The van der Waals surface area contributed by atoms with Gasteiger partial charge in [0.05, 0.1) is 29.7 Å². The molecule has 1 amide bonds. The number of nitrogens with zero attached hydrogens (tertiary/aromatic N) is 3. The number of amides is 1. The summed E-state index contributed by atoms with van der Waals surface area (Å²) in [6, 6.07) is 19.4. The molecule has 1 heterocycles. The van der Waals surface area contributed by atoms with E-state index in [0.29, 0.717) is 40.6 Å². The highest BCUT2D eigenvalue weighted by atomic mass is 19.1. The van der Waals surface area contributed by atoms with Crippen LogP contribution in [0.2, 0.25) is 0 Å². The number of para-hydroxylation sites is 3. The first kappa shape index (κ1) is 25.1. The molecule has 0 N–H and O–H groups in total. The van der Waals surface area contributed by atoms with Crippen molar-refractivity contribution in [3.63, 3.8) is 0 Å². The minimum Gasteiger partial charge on any atom is -0.495 e. The molecule has 4 aromatic rings. The largest absolute Gasteiger partial charge is 0.495 e. The van der Waals surface area contributed by atoms with Gasteiger partial charge in [-0.3, -0.25) is 14.2 Å². The molecule has 0 bridgehead atoms. The van der Waals surface area contributed by atoms with Gasteiger partial charge in [-0.1, -0.05) is 44.2 Å². The van der Waals surface area contributed by atoms with Gasteiger partial charge >= 0.3 is 0 Å². The Balaban J connectivity index is 1.93. The average molecular weight is 488 g/mol. The second-order valence-electron chi connectivity index (χ2n) is 9.17. The normalized spacial score (nSPS) is 12.1. The number of fused-ring (bicyclic) bond motifs is 1. The Kier molecular flexibility index (Phi) is 7.48. The van der Waals surface area contributed by atoms with Crippen LogP contribution in [0.25, 0.3) is 16.6 Å². The fraction of sp³-hybridized carbons (Fsp3) is 0.276. The maximum Gasteiger partial charge on any atom is 0.266 e. The van der Waals surface area contributed by atoms with Gasteiger partial charge in [-0.25, -0.2) is 9.37 Å². The molecule has 0 aliphatic heterocycles. The summed E-state index contributed by atoms with van der Waals surface area (Å²) < 4.78 is 21.1. The molecule has 4 rings (SSSR count). The fourth-order valence-electron chi connectivity index (χ4n) is 4.27. The lowest BCUT2D eigenvalue weighted by molar-refractivity contribution is 0.0671. The minimum atomic E-state index is -0.596. The topological polar surface area (TPSA) is 64.4 Å². The molecule has 7 heteroatoms. The van der Waals surface area contributed by atoms with Crippen LogP contribution in [0.4, 0.5) is 4.39 Å². The summed E-state index contributed by atoms with van der Waals surface area (Å²) in [6.45, 7) is 6.42. The third-order valence-electron chi connectivity index (χ3n) is 6.25. The SMILES string of the molecule is COc1ccccc1-n1c(C(C)N(CCC(C)C)C(=O)c2cccc(F)c2)nc2ccccc2c1=O. The number of rotatable bonds is 8. The maximum absolute atomic E-state index is 14.0. The summed E-state index contributed by atoms with van der Waals surface area (Å²) in [5.41, 5.74) is 1.07. The Morgan fingerprint density at radius 1 is 1.03 bits per heavy atom. The van der Waals surface area contributed by atoms with E-state index in [9.17, 15) is 14.0 Å². The summed E-state index contributed by atoms with van der Waals surface area (Å²) in [7, 11) is 1.55. The third kappa shape index (κ3) is 5.00. The van der Waals surface area contributed by atoms with Crippen molar-refractivity contribution in [2.24, 2.45) is 5.92 Å². The molecule has 186 valence electrons. The monoisotopic (exact) mass is 487 g/mol. The number of aromatic nitrogens is 2. The maximum atomic E-state index is 14.0. The van der Waals surface area contributed by atoms with E-state index < -0.39 is 11.9 Å². The van der Waals surface area contributed by atoms with Gasteiger partial charge in [0.1, 0.15) is 17.4 Å². The smallest absolute Gasteiger partial charge is 0.266 e. The Morgan fingerprint density at radius 3 is 2.47 bits per heavy atom. The van der Waals surface area contributed by atoms with Gasteiger partial charge in [-0.2, -0.15) is 0 Å². The van der Waals surface area contributed by atoms with Gasteiger partial charge in [-0.05, 0) is 61.7 Å². The summed E-state index contributed by atoms with van der Waals surface area (Å²) >= 11 is 0. The Morgan fingerprint density at radius 2 is 1.75 bits per heavy atom. The first-order valence-electron chi connectivity index (χ1n) is 12.0. The lowest BCUT2D eigenvalue weighted by Crippen LogP contribution is -2.38. The van der Waals surface area contributed by atoms with Gasteiger partial charge in [0.25, 0.3) is 11.5 Å². The van der Waals surface area contributed by atoms with Crippen LogP contribution in [0, 0.1) is 11.7 Å². The summed E-state index contributed by atoms with van der Waals surface area (Å²) in [4.78, 5) is 34.0. The number of carbonyl (C=O) groups is 1. The zero-order chi connectivity index (χ0) is 25.8. The molecule has 0 aliphatic carbocycles. The molecule has 0 spiro atoms. The number of ether oxygens (including phenoxy) is 1. The van der Waals surface area contributed by atoms with E-state index in [1.54, 1.807) is 48.4 Å². The van der Waals surface area contributed by atoms with E-state index in [-0.39, 0.29) is 17.0 Å². The molecular formula is C29H30FN3O3. The number of methoxy groups -OCH3 is 1. The molecular weight excluding hydrogens is 457 g/mol. The van der Waals surface area contributed by atoms with E-state index in [2.05, 4.69) is 13.8 Å². The molecule has 3 aromatic carbocycles. The van der Waals surface area contributed by atoms with Crippen molar-refractivity contribution in [3.05, 3.63) is 100 Å². The molecule has 0 saturated heterocycles. The van der Waals surface area contributed by atoms with Crippen LogP contribution in [-0.4, -0.2) is 34.0 Å². The van der Waals surface area contributed by atoms with Gasteiger partial charge in [0.15, 0.2) is 0 Å². The Hall–Kier alpha value is -4.00. The van der Waals surface area contributed by atoms with Crippen molar-refractivity contribution in [1.29, 1.82) is 0 Å². The first-order chi connectivity index (χ1) is 17.3. The second-order valence-corrected chi connectivity index (χ2v) is 9.17. The van der Waals surface area contributed by atoms with E-state index in [1.807, 2.05) is 25.1 Å². The summed E-state index contributed by atoms with van der Waals surface area (Å²) in [6.07, 6.45) is 0.734. The van der Waals surface area contributed by atoms with E-state index >= 15 is 0 Å². The van der Waals surface area contributed by atoms with Crippen LogP contribution < -0.4 is 10.3 Å². The van der Waals surface area contributed by atoms with Crippen molar-refractivity contribution < 1.29 is 13.9 Å². The Bertz CT molecular complexity index is 1450. The molecule has 0 saturated carbocycles. The quantitative estimate of drug-likeness (QED) is 0.316. The molecule has 6 nitrogen and oxygen atoms in total. The minimum absolute atomic E-state index is 0.248. The van der Waals surface area contributed by atoms with Crippen molar-refractivity contribution in [2.75, 3.05) is 13.7 Å². The van der Waals surface area contributed by atoms with Crippen LogP contribution in [0.15, 0.2) is 77.6 Å². The summed E-state index contributed by atoms with van der Waals surface area (Å²) in [5.74, 6) is 0.441. The number of benzene rings is 3. The molecule has 1 atom stereocenters. The number of carbonyl (C=O) groups excluding carboxylic acids is 1. The number of hydrogen-bond acceptors (Lipinski definition) is 4. The van der Waals surface area contributed by atoms with E-state index in [4.69, 9.17) is 9.72 Å². The van der Waals surface area contributed by atoms with E-state index in [0.717, 1.165) is 6.42 Å². The highest BCUT2D eigenvalue weighted by Gasteiger charge is 2.28. The molecule has 1 aromatic heterocycles. The number of hydrogen-bond donors (Lipinski definition) is 0. The molecule has 1 unspecified atom stereocenters. The zero-order valence-electron chi connectivity index (χ0n) is 20.9. The fourth-order valence-corrected chi connectivity index (χ4v) is 4.27. The predicted molar refractivity (Wildman–Crippen MR) is 139 cm³/mol. The standard InChI is InChI=1S/C29H30FN3O3/c1-19(2)16-17-32(28(34)21-10-9-11-22(30)18-21)20(3)27-31-24-13-6-5-12-23(24)29(35)33(27)25-14-7-8-15-26(25)36-4/h5-15,18-20H,16-17H2,1-4H3. The van der Waals surface area contributed by atoms with Crippen LogP contribution in [-0.2, 0) is 0 Å². The summed E-state index contributed by atoms with van der Waals surface area (Å²) in [5, 5.41) is 0.463. The average Bonchev–Trinajstić information content (AvgIpc) is 2.88. The lowest BCUT2D eigenvalue weighted by Gasteiger charge is -2.31. The highest BCUT2D eigenvalue weighted by molar-refractivity contribution is 5.94. The van der Waals surface area contributed by atoms with Crippen molar-refractivity contribution in [1.82, 2.24) is 14.5 Å². The Labute approximate surface area is 210 Å². The molecule has 0 aliphatic rings. The van der Waals surface area contributed by atoms with Gasteiger partial charge in [0, 0.05) is 12.1 Å².